The van der Waals surface area contributed by atoms with E-state index in [2.05, 4.69) is 46.7 Å². The number of nitrogens with zero attached hydrogens (tertiary/aromatic N) is 4. The van der Waals surface area contributed by atoms with E-state index in [9.17, 15) is 13.2 Å². The standard InChI is InChI=1S/C34H46N4O3S/c1-24-35-30-11-6-7-12-31(30)38(24)28-22-26-13-14-27(23-28)37(26)20-17-34(25-9-8-10-29(21-25)42(5,40)41)15-18-36(19-16-34)32(39)33(2,3)4/h6-12,21,26-28H,13-20,22-23H2,1-5H3/t26-,27+,28?. The van der Waals surface area contributed by atoms with Gasteiger partial charge in [0, 0.05) is 42.9 Å². The van der Waals surface area contributed by atoms with Gasteiger partial charge < -0.3 is 9.47 Å². The maximum atomic E-state index is 13.1. The third-order valence-corrected chi connectivity index (χ3v) is 11.5. The number of piperidine rings is 2. The topological polar surface area (TPSA) is 75.5 Å². The van der Waals surface area contributed by atoms with E-state index in [0.29, 0.717) is 36.1 Å². The number of carbonyl (C=O) groups excluding carboxylic acids is 1. The van der Waals surface area contributed by atoms with E-state index in [0.717, 1.165) is 55.6 Å². The molecule has 0 radical (unpaired) electrons. The normalized spacial score (nSPS) is 24.8. The number of aromatic nitrogens is 2. The number of rotatable bonds is 6. The zero-order valence-electron chi connectivity index (χ0n) is 25.8. The largest absolute Gasteiger partial charge is 0.342 e. The predicted molar refractivity (Wildman–Crippen MR) is 167 cm³/mol. The van der Waals surface area contributed by atoms with Crippen molar-refractivity contribution < 1.29 is 13.2 Å². The zero-order valence-corrected chi connectivity index (χ0v) is 26.7. The quantitative estimate of drug-likeness (QED) is 0.357. The van der Waals surface area contributed by atoms with Gasteiger partial charge in [-0.3, -0.25) is 9.69 Å². The Kier molecular flexibility index (Phi) is 7.53. The van der Waals surface area contributed by atoms with Gasteiger partial charge in [-0.05, 0) is 93.7 Å². The van der Waals surface area contributed by atoms with Crippen molar-refractivity contribution in [2.75, 3.05) is 25.9 Å². The van der Waals surface area contributed by atoms with Crippen molar-refractivity contribution in [1.29, 1.82) is 0 Å². The molecule has 3 saturated heterocycles. The van der Waals surface area contributed by atoms with Crippen LogP contribution < -0.4 is 0 Å². The summed E-state index contributed by atoms with van der Waals surface area (Å²) in [6.45, 7) is 10.5. The predicted octanol–water partition coefficient (Wildman–Crippen LogP) is 5.91. The van der Waals surface area contributed by atoms with Crippen molar-refractivity contribution in [1.82, 2.24) is 19.4 Å². The number of amides is 1. The van der Waals surface area contributed by atoms with E-state index in [-0.39, 0.29) is 11.3 Å². The number of para-hydroxylation sites is 2. The molecule has 7 nitrogen and oxygen atoms in total. The molecule has 3 atom stereocenters. The van der Waals surface area contributed by atoms with Crippen molar-refractivity contribution in [3.8, 4) is 0 Å². The van der Waals surface area contributed by atoms with Gasteiger partial charge in [0.15, 0.2) is 9.84 Å². The molecule has 2 bridgehead atoms. The summed E-state index contributed by atoms with van der Waals surface area (Å²) < 4.78 is 27.5. The average molecular weight is 591 g/mol. The van der Waals surface area contributed by atoms with Gasteiger partial charge in [-0.15, -0.1) is 0 Å². The molecule has 42 heavy (non-hydrogen) atoms. The molecule has 2 aromatic carbocycles. The molecule has 3 aliphatic rings. The van der Waals surface area contributed by atoms with Crippen LogP contribution >= 0.6 is 0 Å². The number of likely N-dealkylation sites (tertiary alicyclic amines) is 1. The lowest BCUT2D eigenvalue weighted by Crippen LogP contribution is -2.50. The number of benzene rings is 2. The summed E-state index contributed by atoms with van der Waals surface area (Å²) in [5.41, 5.74) is 2.88. The zero-order chi connectivity index (χ0) is 29.9. The summed E-state index contributed by atoms with van der Waals surface area (Å²) in [5, 5.41) is 0. The fourth-order valence-corrected chi connectivity index (χ4v) is 8.81. The molecule has 3 aliphatic heterocycles. The molecule has 0 aliphatic carbocycles. The van der Waals surface area contributed by atoms with Gasteiger partial charge in [0.25, 0.3) is 0 Å². The van der Waals surface area contributed by atoms with Crippen LogP contribution in [0.1, 0.15) is 83.1 Å². The molecule has 226 valence electrons. The number of aryl methyl sites for hydroxylation is 1. The molecule has 1 unspecified atom stereocenters. The second-order valence-electron chi connectivity index (χ2n) is 14.1. The van der Waals surface area contributed by atoms with Crippen molar-refractivity contribution in [2.24, 2.45) is 5.41 Å². The van der Waals surface area contributed by atoms with Crippen LogP contribution in [0.2, 0.25) is 0 Å². The fraction of sp³-hybridized carbons (Fsp3) is 0.588. The van der Waals surface area contributed by atoms with Gasteiger partial charge in [0.1, 0.15) is 5.82 Å². The first kappa shape index (κ1) is 29.4. The molecule has 0 saturated carbocycles. The van der Waals surface area contributed by atoms with Crippen molar-refractivity contribution in [3.05, 3.63) is 59.9 Å². The Bertz CT molecular complexity index is 1570. The Morgan fingerprint density at radius 3 is 2.29 bits per heavy atom. The molecule has 3 fully saturated rings. The first-order chi connectivity index (χ1) is 19.9. The summed E-state index contributed by atoms with van der Waals surface area (Å²) in [6.07, 6.45) is 8.72. The summed E-state index contributed by atoms with van der Waals surface area (Å²) in [7, 11) is -3.31. The highest BCUT2D eigenvalue weighted by Crippen LogP contribution is 2.45. The Morgan fingerprint density at radius 2 is 1.64 bits per heavy atom. The van der Waals surface area contributed by atoms with Gasteiger partial charge >= 0.3 is 0 Å². The molecule has 8 heteroatoms. The number of fused-ring (bicyclic) bond motifs is 3. The smallest absolute Gasteiger partial charge is 0.227 e. The fourth-order valence-electron chi connectivity index (χ4n) is 8.14. The second kappa shape index (κ2) is 10.8. The lowest BCUT2D eigenvalue weighted by atomic mass is 9.70. The highest BCUT2D eigenvalue weighted by molar-refractivity contribution is 7.90. The molecule has 1 aromatic heterocycles. The monoisotopic (exact) mass is 590 g/mol. The van der Waals surface area contributed by atoms with Crippen LogP contribution in [0.4, 0.5) is 0 Å². The third kappa shape index (κ3) is 5.41. The SMILES string of the molecule is Cc1nc2ccccc2n1C1C[C@H]2CC[C@@H](C1)N2CCC1(c2cccc(S(C)(=O)=O)c2)CCN(C(=O)C(C)(C)C)CC1. The Labute approximate surface area is 251 Å². The minimum atomic E-state index is -3.31. The second-order valence-corrected chi connectivity index (χ2v) is 16.2. The maximum Gasteiger partial charge on any atom is 0.227 e. The summed E-state index contributed by atoms with van der Waals surface area (Å²) in [5.74, 6) is 1.30. The summed E-state index contributed by atoms with van der Waals surface area (Å²) in [6, 6.07) is 17.7. The van der Waals surface area contributed by atoms with E-state index in [1.54, 1.807) is 6.07 Å². The number of sulfone groups is 1. The first-order valence-corrected chi connectivity index (χ1v) is 17.5. The van der Waals surface area contributed by atoms with E-state index < -0.39 is 15.3 Å². The van der Waals surface area contributed by atoms with Gasteiger partial charge in [0.2, 0.25) is 5.91 Å². The number of imidazole rings is 1. The lowest BCUT2D eigenvalue weighted by Gasteiger charge is -2.46. The van der Waals surface area contributed by atoms with E-state index in [4.69, 9.17) is 4.98 Å². The van der Waals surface area contributed by atoms with Crippen molar-refractivity contribution >= 4 is 26.8 Å². The third-order valence-electron chi connectivity index (χ3n) is 10.4. The molecule has 6 rings (SSSR count). The van der Waals surface area contributed by atoms with Crippen LogP contribution in [-0.4, -0.2) is 71.6 Å². The van der Waals surface area contributed by atoms with Crippen LogP contribution in [0.25, 0.3) is 11.0 Å². The average Bonchev–Trinajstić information content (AvgIpc) is 3.41. The molecule has 4 heterocycles. The number of hydrogen-bond acceptors (Lipinski definition) is 5. The first-order valence-electron chi connectivity index (χ1n) is 15.7. The molecular formula is C34H46N4O3S. The maximum absolute atomic E-state index is 13.1. The molecule has 1 amide bonds. The highest BCUT2D eigenvalue weighted by atomic mass is 32.2. The molecule has 0 N–H and O–H groups in total. The highest BCUT2D eigenvalue weighted by Gasteiger charge is 2.44. The van der Waals surface area contributed by atoms with Crippen molar-refractivity contribution in [3.63, 3.8) is 0 Å². The Morgan fingerprint density at radius 1 is 0.976 bits per heavy atom. The van der Waals surface area contributed by atoms with Gasteiger partial charge in [-0.25, -0.2) is 13.4 Å². The van der Waals surface area contributed by atoms with Crippen LogP contribution in [0.15, 0.2) is 53.4 Å². The Hall–Kier alpha value is -2.71. The van der Waals surface area contributed by atoms with E-state index in [1.807, 2.05) is 37.8 Å². The van der Waals surface area contributed by atoms with Gasteiger partial charge in [-0.1, -0.05) is 45.0 Å². The van der Waals surface area contributed by atoms with Gasteiger partial charge in [0.05, 0.1) is 15.9 Å². The minimum absolute atomic E-state index is 0.150. The lowest BCUT2D eigenvalue weighted by molar-refractivity contribution is -0.141. The van der Waals surface area contributed by atoms with Crippen LogP contribution in [0.5, 0.6) is 0 Å². The Balaban J connectivity index is 1.23. The molecule has 0 spiro atoms. The summed E-state index contributed by atoms with van der Waals surface area (Å²) in [4.78, 5) is 23.1. The van der Waals surface area contributed by atoms with Crippen LogP contribution in [0.3, 0.4) is 0 Å². The number of carbonyl (C=O) groups is 1. The minimum Gasteiger partial charge on any atom is -0.342 e. The molecule has 3 aromatic rings. The summed E-state index contributed by atoms with van der Waals surface area (Å²) >= 11 is 0. The van der Waals surface area contributed by atoms with E-state index >= 15 is 0 Å². The van der Waals surface area contributed by atoms with Crippen molar-refractivity contribution in [2.45, 2.75) is 101 Å². The molecular weight excluding hydrogens is 544 g/mol. The van der Waals surface area contributed by atoms with Gasteiger partial charge in [-0.2, -0.15) is 0 Å². The van der Waals surface area contributed by atoms with Crippen LogP contribution in [-0.2, 0) is 20.0 Å². The number of hydrogen-bond donors (Lipinski definition) is 0. The van der Waals surface area contributed by atoms with E-state index in [1.165, 1.54) is 24.6 Å². The van der Waals surface area contributed by atoms with Crippen LogP contribution in [0, 0.1) is 12.3 Å².